The lowest BCUT2D eigenvalue weighted by atomic mass is 10.2. The second-order valence-electron chi connectivity index (χ2n) is 6.44. The summed E-state index contributed by atoms with van der Waals surface area (Å²) < 4.78 is 21.3. The molecule has 0 saturated heterocycles. The van der Waals surface area contributed by atoms with Gasteiger partial charge in [-0.25, -0.2) is 9.59 Å². The van der Waals surface area contributed by atoms with E-state index in [1.165, 1.54) is 12.2 Å². The number of carbonyl (C=O) groups excluding carboxylic acids is 3. The minimum absolute atomic E-state index is 0.403. The van der Waals surface area contributed by atoms with Crippen molar-refractivity contribution in [2.45, 2.75) is 20.8 Å². The molecular formula is C24H28N2O7. The van der Waals surface area contributed by atoms with Gasteiger partial charge in [0.2, 0.25) is 0 Å². The van der Waals surface area contributed by atoms with Crippen molar-refractivity contribution in [3.63, 3.8) is 0 Å². The highest BCUT2D eigenvalue weighted by molar-refractivity contribution is 6.02. The van der Waals surface area contributed by atoms with Crippen LogP contribution in [-0.2, 0) is 14.3 Å². The van der Waals surface area contributed by atoms with E-state index in [1.54, 1.807) is 36.4 Å². The zero-order valence-electron chi connectivity index (χ0n) is 18.9. The number of hydrogen-bond donors (Lipinski definition) is 2. The van der Waals surface area contributed by atoms with Crippen LogP contribution in [0.4, 0.5) is 10.5 Å². The third-order valence-electron chi connectivity index (χ3n) is 4.02. The molecule has 0 spiro atoms. The van der Waals surface area contributed by atoms with Gasteiger partial charge in [-0.1, -0.05) is 18.2 Å². The van der Waals surface area contributed by atoms with E-state index in [0.717, 1.165) is 0 Å². The molecule has 0 aliphatic rings. The van der Waals surface area contributed by atoms with Crippen molar-refractivity contribution >= 4 is 29.7 Å². The molecule has 0 bridgehead atoms. The highest BCUT2D eigenvalue weighted by Gasteiger charge is 2.12. The van der Waals surface area contributed by atoms with Crippen LogP contribution in [0.3, 0.4) is 0 Å². The van der Waals surface area contributed by atoms with Gasteiger partial charge in [-0.2, -0.15) is 0 Å². The van der Waals surface area contributed by atoms with Crippen LogP contribution in [0.15, 0.2) is 48.5 Å². The molecule has 0 aliphatic heterocycles. The average molecular weight is 456 g/mol. The van der Waals surface area contributed by atoms with Gasteiger partial charge in [-0.3, -0.25) is 10.1 Å². The first-order valence-corrected chi connectivity index (χ1v) is 10.5. The van der Waals surface area contributed by atoms with E-state index in [9.17, 15) is 14.4 Å². The van der Waals surface area contributed by atoms with Gasteiger partial charge in [0, 0.05) is 23.4 Å². The number of rotatable bonds is 11. The molecule has 9 heteroatoms. The molecule has 176 valence electrons. The molecule has 0 fully saturated rings. The van der Waals surface area contributed by atoms with Crippen LogP contribution < -0.4 is 24.8 Å². The van der Waals surface area contributed by atoms with Crippen LogP contribution in [0.5, 0.6) is 17.2 Å². The fourth-order valence-corrected chi connectivity index (χ4v) is 2.70. The maximum Gasteiger partial charge on any atom is 0.331 e. The lowest BCUT2D eigenvalue weighted by molar-refractivity contribution is -0.143. The summed E-state index contributed by atoms with van der Waals surface area (Å²) in [6.07, 6.45) is 2.71. The zero-order chi connectivity index (χ0) is 24.1. The minimum atomic E-state index is -0.778. The van der Waals surface area contributed by atoms with Crippen molar-refractivity contribution in [1.29, 1.82) is 0 Å². The minimum Gasteiger partial charge on any atom is -0.493 e. The number of esters is 1. The summed E-state index contributed by atoms with van der Waals surface area (Å²) in [5.41, 5.74) is 1.10. The number of hydrogen-bond acceptors (Lipinski definition) is 7. The van der Waals surface area contributed by atoms with Crippen molar-refractivity contribution in [3.05, 3.63) is 54.1 Å². The Morgan fingerprint density at radius 3 is 2.24 bits per heavy atom. The number of nitrogens with one attached hydrogen (secondary N) is 2. The third kappa shape index (κ3) is 8.56. The Hall–Kier alpha value is -4.01. The maximum atomic E-state index is 12.1. The Balaban J connectivity index is 1.84. The van der Waals surface area contributed by atoms with Gasteiger partial charge in [0.25, 0.3) is 5.91 Å². The van der Waals surface area contributed by atoms with Gasteiger partial charge in [0.15, 0.2) is 18.1 Å². The van der Waals surface area contributed by atoms with E-state index in [0.29, 0.717) is 48.3 Å². The number of benzene rings is 2. The summed E-state index contributed by atoms with van der Waals surface area (Å²) in [7, 11) is 0. The smallest absolute Gasteiger partial charge is 0.331 e. The molecule has 33 heavy (non-hydrogen) atoms. The third-order valence-corrected chi connectivity index (χ3v) is 4.02. The van der Waals surface area contributed by atoms with E-state index < -0.39 is 24.5 Å². The monoisotopic (exact) mass is 456 g/mol. The van der Waals surface area contributed by atoms with Gasteiger partial charge in [-0.05, 0) is 45.0 Å². The van der Waals surface area contributed by atoms with Crippen LogP contribution in [0.1, 0.15) is 26.3 Å². The molecule has 3 amide bonds. The van der Waals surface area contributed by atoms with Crippen molar-refractivity contribution in [1.82, 2.24) is 5.32 Å². The normalized spacial score (nSPS) is 10.4. The van der Waals surface area contributed by atoms with Crippen molar-refractivity contribution < 1.29 is 33.3 Å². The van der Waals surface area contributed by atoms with E-state index in [4.69, 9.17) is 18.9 Å². The fraction of sp³-hybridized carbons (Fsp3) is 0.292. The van der Waals surface area contributed by atoms with E-state index in [1.807, 2.05) is 26.8 Å². The van der Waals surface area contributed by atoms with Crippen molar-refractivity contribution in [3.8, 4) is 17.2 Å². The van der Waals surface area contributed by atoms with Gasteiger partial charge >= 0.3 is 12.0 Å². The van der Waals surface area contributed by atoms with E-state index >= 15 is 0 Å². The molecule has 9 nitrogen and oxygen atoms in total. The van der Waals surface area contributed by atoms with Crippen LogP contribution in [0, 0.1) is 0 Å². The molecule has 0 saturated carbocycles. The molecule has 0 heterocycles. The number of para-hydroxylation sites is 1. The molecule has 0 aliphatic carbocycles. The van der Waals surface area contributed by atoms with E-state index in [-0.39, 0.29) is 0 Å². The first-order valence-electron chi connectivity index (χ1n) is 10.5. The first kappa shape index (κ1) is 25.3. The van der Waals surface area contributed by atoms with Crippen LogP contribution in [0.2, 0.25) is 0 Å². The predicted molar refractivity (Wildman–Crippen MR) is 124 cm³/mol. The van der Waals surface area contributed by atoms with Crippen molar-refractivity contribution in [2.75, 3.05) is 31.7 Å². The van der Waals surface area contributed by atoms with Crippen LogP contribution in [-0.4, -0.2) is 44.3 Å². The Labute approximate surface area is 192 Å². The first-order chi connectivity index (χ1) is 16.0. The molecule has 2 rings (SSSR count). The standard InChI is InChI=1S/C24H28N2O7/c1-4-30-19-10-8-7-9-17(19)11-14-23(28)33-16-22(27)26-24(29)25-18-12-13-20(31-5-2)21(15-18)32-6-3/h7-15H,4-6,16H2,1-3H3,(H2,25,26,27,29)/b14-11+. The molecule has 0 radical (unpaired) electrons. The Kier molecular flexibility index (Phi) is 10.3. The number of anilines is 1. The maximum absolute atomic E-state index is 12.1. The Morgan fingerprint density at radius 1 is 0.848 bits per heavy atom. The van der Waals surface area contributed by atoms with Crippen molar-refractivity contribution in [2.24, 2.45) is 0 Å². The average Bonchev–Trinajstić information content (AvgIpc) is 2.79. The molecule has 0 aromatic heterocycles. The number of carbonyl (C=O) groups is 3. The van der Waals surface area contributed by atoms with Gasteiger partial charge in [0.1, 0.15) is 5.75 Å². The lowest BCUT2D eigenvalue weighted by Crippen LogP contribution is -2.37. The quantitative estimate of drug-likeness (QED) is 0.391. The second-order valence-corrected chi connectivity index (χ2v) is 6.44. The van der Waals surface area contributed by atoms with Gasteiger partial charge in [0.05, 0.1) is 19.8 Å². The summed E-state index contributed by atoms with van der Waals surface area (Å²) in [6, 6.07) is 11.3. The van der Waals surface area contributed by atoms with Crippen LogP contribution in [0.25, 0.3) is 6.08 Å². The summed E-state index contributed by atoms with van der Waals surface area (Å²) >= 11 is 0. The van der Waals surface area contributed by atoms with Crippen LogP contribution >= 0.6 is 0 Å². The Bertz CT molecular complexity index is 989. The summed E-state index contributed by atoms with van der Waals surface area (Å²) in [4.78, 5) is 35.9. The van der Waals surface area contributed by atoms with Gasteiger partial charge in [-0.15, -0.1) is 0 Å². The topological polar surface area (TPSA) is 112 Å². The summed E-state index contributed by atoms with van der Waals surface area (Å²) in [6.45, 7) is 6.30. The second kappa shape index (κ2) is 13.4. The number of ether oxygens (including phenoxy) is 4. The highest BCUT2D eigenvalue weighted by Crippen LogP contribution is 2.30. The lowest BCUT2D eigenvalue weighted by Gasteiger charge is -2.13. The SMILES string of the molecule is CCOc1ccccc1/C=C/C(=O)OCC(=O)NC(=O)Nc1ccc(OCC)c(OCC)c1. The molecule has 2 aromatic rings. The summed E-state index contributed by atoms with van der Waals surface area (Å²) in [5.74, 6) is 0.130. The number of amides is 3. The zero-order valence-corrected chi connectivity index (χ0v) is 18.9. The molecular weight excluding hydrogens is 428 g/mol. The molecule has 2 N–H and O–H groups in total. The van der Waals surface area contributed by atoms with Gasteiger partial charge < -0.3 is 24.3 Å². The highest BCUT2D eigenvalue weighted by atomic mass is 16.5. The van der Waals surface area contributed by atoms with E-state index in [2.05, 4.69) is 10.6 Å². The largest absolute Gasteiger partial charge is 0.493 e. The predicted octanol–water partition coefficient (Wildman–Crippen LogP) is 3.79. The summed E-state index contributed by atoms with van der Waals surface area (Å²) in [5, 5.41) is 4.61. The Morgan fingerprint density at radius 2 is 1.52 bits per heavy atom. The fourth-order valence-electron chi connectivity index (χ4n) is 2.70. The number of urea groups is 1. The molecule has 0 unspecified atom stereocenters. The number of imide groups is 1. The molecule has 0 atom stereocenters. The molecule has 2 aromatic carbocycles.